The topological polar surface area (TPSA) is 82.9 Å². The molecule has 0 radical (unpaired) electrons. The second-order valence-corrected chi connectivity index (χ2v) is 9.05. The molecule has 7 nitrogen and oxygen atoms in total. The average molecular weight is 374 g/mol. The first-order valence-corrected chi connectivity index (χ1v) is 10.5. The summed E-state index contributed by atoms with van der Waals surface area (Å²) in [5.74, 6) is -0.220. The molecule has 0 bridgehead atoms. The number of para-hydroxylation sites is 1. The minimum Gasteiger partial charge on any atom is -0.325 e. The molecule has 2 atom stereocenters. The van der Waals surface area contributed by atoms with Crippen LogP contribution in [0.4, 0.5) is 5.69 Å². The molecule has 138 valence electrons. The molecule has 1 amide bonds. The molecule has 1 aromatic carbocycles. The minimum atomic E-state index is -3.82. The third-order valence-electron chi connectivity index (χ3n) is 5.79. The van der Waals surface area contributed by atoms with Crippen LogP contribution in [0.1, 0.15) is 44.1 Å². The van der Waals surface area contributed by atoms with E-state index in [1.54, 1.807) is 0 Å². The van der Waals surface area contributed by atoms with E-state index < -0.39 is 21.8 Å². The fourth-order valence-electron chi connectivity index (χ4n) is 4.44. The third kappa shape index (κ3) is 2.71. The summed E-state index contributed by atoms with van der Waals surface area (Å²) in [6, 6.07) is 7.25. The molecule has 0 aromatic heterocycles. The molecule has 2 heterocycles. The summed E-state index contributed by atoms with van der Waals surface area (Å²) in [5.41, 5.74) is 0.516. The second kappa shape index (κ2) is 6.34. The van der Waals surface area contributed by atoms with Crippen molar-refractivity contribution in [3.63, 3.8) is 0 Å². The lowest BCUT2D eigenvalue weighted by Gasteiger charge is -2.26. The van der Waals surface area contributed by atoms with E-state index in [1.807, 2.05) is 24.3 Å². The highest BCUT2D eigenvalue weighted by Crippen LogP contribution is 2.47. The number of amides is 1. The van der Waals surface area contributed by atoms with Crippen molar-refractivity contribution in [3.05, 3.63) is 41.2 Å². The van der Waals surface area contributed by atoms with E-state index in [0.717, 1.165) is 37.7 Å². The zero-order valence-electron chi connectivity index (χ0n) is 14.4. The Labute approximate surface area is 153 Å². The lowest BCUT2D eigenvalue weighted by Crippen LogP contribution is -2.48. The Hall–Kier alpha value is -1.95. The smallest absolute Gasteiger partial charge is 0.294 e. The molecular formula is C18H22N4O3S. The summed E-state index contributed by atoms with van der Waals surface area (Å²) in [6.45, 7) is 7.49. The van der Waals surface area contributed by atoms with Gasteiger partial charge in [-0.3, -0.25) is 9.64 Å². The maximum Gasteiger partial charge on any atom is 0.294 e. The van der Waals surface area contributed by atoms with E-state index in [4.69, 9.17) is 6.57 Å². The molecule has 1 saturated carbocycles. The van der Waals surface area contributed by atoms with Crippen molar-refractivity contribution in [1.82, 2.24) is 9.03 Å². The maximum absolute atomic E-state index is 13.0. The maximum atomic E-state index is 13.0. The van der Waals surface area contributed by atoms with Crippen molar-refractivity contribution in [3.8, 4) is 0 Å². The monoisotopic (exact) mass is 374 g/mol. The molecule has 1 saturated heterocycles. The minimum absolute atomic E-state index is 0.00491. The van der Waals surface area contributed by atoms with Crippen LogP contribution >= 0.6 is 0 Å². The molecule has 3 aliphatic rings. The Kier molecular flexibility index (Phi) is 4.26. The summed E-state index contributed by atoms with van der Waals surface area (Å²) in [7, 11) is -3.82. The predicted octanol–water partition coefficient (Wildman–Crippen LogP) is 1.99. The van der Waals surface area contributed by atoms with E-state index >= 15 is 0 Å². The summed E-state index contributed by atoms with van der Waals surface area (Å²) in [5, 5.41) is 2.84. The van der Waals surface area contributed by atoms with Crippen molar-refractivity contribution in [2.45, 2.75) is 56.1 Å². The van der Waals surface area contributed by atoms with Gasteiger partial charge in [0.05, 0.1) is 11.8 Å². The van der Waals surface area contributed by atoms with Crippen molar-refractivity contribution in [2.24, 2.45) is 0 Å². The number of carbonyl (C=O) groups excluding carboxylic acids is 1. The molecule has 1 spiro atoms. The Morgan fingerprint density at radius 1 is 1.23 bits per heavy atom. The highest BCUT2D eigenvalue weighted by atomic mass is 32.2. The molecule has 26 heavy (non-hydrogen) atoms. The second-order valence-electron chi connectivity index (χ2n) is 7.40. The normalized spacial score (nSPS) is 29.5. The van der Waals surface area contributed by atoms with Crippen LogP contribution in [0.3, 0.4) is 0 Å². The highest BCUT2D eigenvalue weighted by molar-refractivity contribution is 7.87. The van der Waals surface area contributed by atoms with Crippen LogP contribution in [0.25, 0.3) is 4.85 Å². The first-order valence-electron chi connectivity index (χ1n) is 9.03. The van der Waals surface area contributed by atoms with Crippen LogP contribution in [0.5, 0.6) is 0 Å². The standard InChI is InChI=1S/C18H22N4O3S/c1-19-16-11-18(14-9-5-6-10-15(14)20-17(18)23)12-22(16)26(24,25)21-13-7-3-2-4-8-13/h5-6,9-10,13,16,21H,2-4,7-8,11-12H2,(H,20,23)/t16-,18-/m0/s1. The Bertz CT molecular complexity index is 873. The Morgan fingerprint density at radius 2 is 1.96 bits per heavy atom. The van der Waals surface area contributed by atoms with Gasteiger partial charge in [0.1, 0.15) is 0 Å². The molecule has 0 unspecified atom stereocenters. The number of nitrogens with zero attached hydrogens (tertiary/aromatic N) is 2. The molecule has 2 N–H and O–H groups in total. The zero-order chi connectivity index (χ0) is 18.4. The predicted molar refractivity (Wildman–Crippen MR) is 97.4 cm³/mol. The van der Waals surface area contributed by atoms with Crippen molar-refractivity contribution < 1.29 is 13.2 Å². The summed E-state index contributed by atoms with van der Waals surface area (Å²) < 4.78 is 29.9. The molecule has 2 aliphatic heterocycles. The summed E-state index contributed by atoms with van der Waals surface area (Å²) in [6.07, 6.45) is 4.12. The van der Waals surface area contributed by atoms with Gasteiger partial charge in [-0.1, -0.05) is 37.5 Å². The number of fused-ring (bicyclic) bond motifs is 2. The van der Waals surface area contributed by atoms with Crippen LogP contribution in [0.15, 0.2) is 24.3 Å². The van der Waals surface area contributed by atoms with E-state index in [9.17, 15) is 13.2 Å². The number of nitrogens with one attached hydrogen (secondary N) is 2. The van der Waals surface area contributed by atoms with Gasteiger partial charge >= 0.3 is 0 Å². The molecular weight excluding hydrogens is 352 g/mol. The van der Waals surface area contributed by atoms with E-state index in [0.29, 0.717) is 5.69 Å². The van der Waals surface area contributed by atoms with Crippen molar-refractivity contribution in [2.75, 3.05) is 11.9 Å². The lowest BCUT2D eigenvalue weighted by atomic mass is 9.80. The fourth-order valence-corrected chi connectivity index (χ4v) is 6.06. The number of hydrogen-bond acceptors (Lipinski definition) is 3. The van der Waals surface area contributed by atoms with E-state index in [1.165, 1.54) is 4.31 Å². The number of hydrogen-bond donors (Lipinski definition) is 2. The van der Waals surface area contributed by atoms with Gasteiger partial charge in [-0.15, -0.1) is 4.31 Å². The van der Waals surface area contributed by atoms with Gasteiger partial charge in [0, 0.05) is 18.3 Å². The zero-order valence-corrected chi connectivity index (χ0v) is 15.3. The van der Waals surface area contributed by atoms with Crippen LogP contribution in [0, 0.1) is 6.57 Å². The number of rotatable bonds is 3. The Morgan fingerprint density at radius 3 is 2.69 bits per heavy atom. The number of carbonyl (C=O) groups is 1. The summed E-state index contributed by atoms with van der Waals surface area (Å²) >= 11 is 0. The van der Waals surface area contributed by atoms with E-state index in [-0.39, 0.29) is 24.9 Å². The molecule has 1 aromatic rings. The van der Waals surface area contributed by atoms with Gasteiger partial charge in [0.25, 0.3) is 16.4 Å². The van der Waals surface area contributed by atoms with Crippen LogP contribution in [-0.4, -0.2) is 37.4 Å². The third-order valence-corrected chi connectivity index (χ3v) is 7.41. The Balaban J connectivity index is 1.64. The average Bonchev–Trinajstić information content (AvgIpc) is 3.16. The van der Waals surface area contributed by atoms with Gasteiger partial charge in [0.15, 0.2) is 0 Å². The van der Waals surface area contributed by atoms with Crippen molar-refractivity contribution >= 4 is 21.8 Å². The van der Waals surface area contributed by atoms with Gasteiger partial charge in [-0.25, -0.2) is 6.57 Å². The summed E-state index contributed by atoms with van der Waals surface area (Å²) in [4.78, 5) is 16.3. The lowest BCUT2D eigenvalue weighted by molar-refractivity contribution is -0.120. The molecule has 1 aliphatic carbocycles. The van der Waals surface area contributed by atoms with Crippen LogP contribution in [0.2, 0.25) is 0 Å². The number of benzene rings is 1. The molecule has 4 rings (SSSR count). The first kappa shape index (κ1) is 17.5. The first-order chi connectivity index (χ1) is 12.5. The number of anilines is 1. The van der Waals surface area contributed by atoms with Gasteiger partial charge in [0.2, 0.25) is 5.91 Å². The van der Waals surface area contributed by atoms with Crippen LogP contribution in [-0.2, 0) is 20.4 Å². The van der Waals surface area contributed by atoms with E-state index in [2.05, 4.69) is 14.9 Å². The molecule has 2 fully saturated rings. The molecule has 8 heteroatoms. The SMILES string of the molecule is [C-]#[N+][C@@H]1C[C@@]2(CN1S(=O)(=O)NC1CCCCC1)C(=O)Nc1ccccc12. The fraction of sp³-hybridized carbons (Fsp3) is 0.556. The van der Waals surface area contributed by atoms with Crippen molar-refractivity contribution in [1.29, 1.82) is 0 Å². The van der Waals surface area contributed by atoms with Crippen LogP contribution < -0.4 is 10.0 Å². The quantitative estimate of drug-likeness (QED) is 0.794. The van der Waals surface area contributed by atoms with Gasteiger partial charge in [-0.2, -0.15) is 13.1 Å². The highest BCUT2D eigenvalue weighted by Gasteiger charge is 2.60. The van der Waals surface area contributed by atoms with Gasteiger partial charge in [-0.05, 0) is 24.5 Å². The van der Waals surface area contributed by atoms with Gasteiger partial charge < -0.3 is 5.32 Å². The largest absolute Gasteiger partial charge is 0.325 e.